The van der Waals surface area contributed by atoms with Crippen LogP contribution in [0.4, 0.5) is 4.79 Å². The number of carboxylic acid groups (broad SMARTS) is 1. The van der Waals surface area contributed by atoms with Gasteiger partial charge in [-0.3, -0.25) is 0 Å². The van der Waals surface area contributed by atoms with Gasteiger partial charge < -0.3 is 19.5 Å². The van der Waals surface area contributed by atoms with E-state index >= 15 is 0 Å². The van der Waals surface area contributed by atoms with Gasteiger partial charge in [0.2, 0.25) is 0 Å². The fourth-order valence-corrected chi connectivity index (χ4v) is 3.13. The van der Waals surface area contributed by atoms with Crippen LogP contribution in [0.15, 0.2) is 30.3 Å². The highest BCUT2D eigenvalue weighted by atomic mass is 16.6. The second kappa shape index (κ2) is 6.36. The third-order valence-electron chi connectivity index (χ3n) is 4.23. The number of hydrogen-bond donors (Lipinski definition) is 1. The van der Waals surface area contributed by atoms with E-state index in [0.29, 0.717) is 13.0 Å². The van der Waals surface area contributed by atoms with Gasteiger partial charge >= 0.3 is 12.1 Å². The molecule has 1 aromatic carbocycles. The number of carbonyl (C=O) groups is 2. The molecule has 2 aliphatic heterocycles. The molecule has 2 saturated heterocycles. The van der Waals surface area contributed by atoms with Gasteiger partial charge in [-0.1, -0.05) is 30.3 Å². The van der Waals surface area contributed by atoms with E-state index in [-0.39, 0.29) is 18.8 Å². The Hall–Kier alpha value is -2.08. The van der Waals surface area contributed by atoms with Crippen molar-refractivity contribution >= 4 is 12.1 Å². The summed E-state index contributed by atoms with van der Waals surface area (Å²) in [4.78, 5) is 25.0. The van der Waals surface area contributed by atoms with Gasteiger partial charge in [-0.2, -0.15) is 0 Å². The first kappa shape index (κ1) is 14.8. The molecule has 0 aliphatic carbocycles. The smallest absolute Gasteiger partial charge is 0.410 e. The second-order valence-corrected chi connectivity index (χ2v) is 5.68. The first-order valence-corrected chi connectivity index (χ1v) is 7.51. The van der Waals surface area contributed by atoms with Crippen LogP contribution in [0.1, 0.15) is 24.8 Å². The largest absolute Gasteiger partial charge is 0.479 e. The minimum atomic E-state index is -0.966. The Morgan fingerprint density at radius 3 is 2.82 bits per heavy atom. The molecule has 6 heteroatoms. The molecular weight excluding hydrogens is 286 g/mol. The van der Waals surface area contributed by atoms with Gasteiger partial charge in [0.05, 0.1) is 12.1 Å². The number of carbonyl (C=O) groups excluding carboxylic acids is 1. The molecule has 22 heavy (non-hydrogen) atoms. The summed E-state index contributed by atoms with van der Waals surface area (Å²) in [5.74, 6) is -0.966. The minimum Gasteiger partial charge on any atom is -0.479 e. The van der Waals surface area contributed by atoms with Crippen molar-refractivity contribution in [3.8, 4) is 0 Å². The van der Waals surface area contributed by atoms with E-state index in [4.69, 9.17) is 14.6 Å². The minimum absolute atomic E-state index is 0.195. The summed E-state index contributed by atoms with van der Waals surface area (Å²) in [6, 6.07) is 9.28. The molecule has 0 aromatic heterocycles. The van der Waals surface area contributed by atoms with Crippen LogP contribution in [0.5, 0.6) is 0 Å². The normalized spacial score (nSPS) is 27.3. The van der Waals surface area contributed by atoms with Gasteiger partial charge in [-0.05, 0) is 18.4 Å². The lowest BCUT2D eigenvalue weighted by Crippen LogP contribution is -2.48. The molecule has 3 atom stereocenters. The lowest BCUT2D eigenvalue weighted by Gasteiger charge is -2.35. The van der Waals surface area contributed by atoms with Gasteiger partial charge in [-0.15, -0.1) is 0 Å². The first-order valence-electron chi connectivity index (χ1n) is 7.51. The average Bonchev–Trinajstić information content (AvgIpc) is 2.98. The van der Waals surface area contributed by atoms with E-state index in [2.05, 4.69) is 0 Å². The Labute approximate surface area is 128 Å². The number of fused-ring (bicyclic) bond motifs is 1. The Morgan fingerprint density at radius 1 is 1.32 bits per heavy atom. The van der Waals surface area contributed by atoms with Gasteiger partial charge in [0.25, 0.3) is 0 Å². The molecule has 1 N–H and O–H groups in total. The van der Waals surface area contributed by atoms with Gasteiger partial charge in [-0.25, -0.2) is 9.59 Å². The lowest BCUT2D eigenvalue weighted by molar-refractivity contribution is -0.149. The van der Waals surface area contributed by atoms with Crippen LogP contribution in [0.3, 0.4) is 0 Å². The number of hydrogen-bond acceptors (Lipinski definition) is 4. The summed E-state index contributed by atoms with van der Waals surface area (Å²) < 4.78 is 10.9. The highest BCUT2D eigenvalue weighted by Gasteiger charge is 2.45. The highest BCUT2D eigenvalue weighted by Crippen LogP contribution is 2.32. The third-order valence-corrected chi connectivity index (χ3v) is 4.23. The summed E-state index contributed by atoms with van der Waals surface area (Å²) in [5.41, 5.74) is 0.926. The van der Waals surface area contributed by atoms with Crippen molar-refractivity contribution in [2.45, 2.75) is 44.1 Å². The van der Waals surface area contributed by atoms with Crippen molar-refractivity contribution in [3.63, 3.8) is 0 Å². The van der Waals surface area contributed by atoms with Crippen LogP contribution in [-0.4, -0.2) is 46.9 Å². The van der Waals surface area contributed by atoms with Crippen molar-refractivity contribution in [3.05, 3.63) is 35.9 Å². The fourth-order valence-electron chi connectivity index (χ4n) is 3.13. The zero-order valence-electron chi connectivity index (χ0n) is 12.2. The van der Waals surface area contributed by atoms with Crippen LogP contribution in [0.25, 0.3) is 0 Å². The SMILES string of the molecule is O=C(O)C1CC2[C@H](CCCN2C(=O)OCc2ccccc2)O1. The van der Waals surface area contributed by atoms with Crippen LogP contribution >= 0.6 is 0 Å². The van der Waals surface area contributed by atoms with Crippen LogP contribution < -0.4 is 0 Å². The maximum Gasteiger partial charge on any atom is 0.410 e. The molecule has 3 rings (SSSR count). The Morgan fingerprint density at radius 2 is 2.09 bits per heavy atom. The molecule has 0 saturated carbocycles. The second-order valence-electron chi connectivity index (χ2n) is 5.68. The van der Waals surface area contributed by atoms with Crippen molar-refractivity contribution in [2.24, 2.45) is 0 Å². The quantitative estimate of drug-likeness (QED) is 0.924. The predicted molar refractivity (Wildman–Crippen MR) is 77.3 cm³/mol. The topological polar surface area (TPSA) is 76.1 Å². The maximum absolute atomic E-state index is 12.3. The number of likely N-dealkylation sites (tertiary alicyclic amines) is 1. The number of aliphatic carboxylic acids is 1. The summed E-state index contributed by atoms with van der Waals surface area (Å²) in [7, 11) is 0. The summed E-state index contributed by atoms with van der Waals surface area (Å²) in [6.45, 7) is 0.807. The Kier molecular flexibility index (Phi) is 4.29. The van der Waals surface area contributed by atoms with E-state index in [1.54, 1.807) is 4.90 Å². The number of carboxylic acids is 1. The number of nitrogens with zero attached hydrogens (tertiary/aromatic N) is 1. The van der Waals surface area contributed by atoms with Gasteiger partial charge in [0, 0.05) is 13.0 Å². The zero-order chi connectivity index (χ0) is 15.5. The Balaban J connectivity index is 1.61. The monoisotopic (exact) mass is 305 g/mol. The molecule has 0 radical (unpaired) electrons. The third kappa shape index (κ3) is 3.06. The van der Waals surface area contributed by atoms with E-state index in [1.165, 1.54) is 0 Å². The maximum atomic E-state index is 12.3. The van der Waals surface area contributed by atoms with E-state index in [1.807, 2.05) is 30.3 Å². The lowest BCUT2D eigenvalue weighted by atomic mass is 9.98. The van der Waals surface area contributed by atoms with Crippen LogP contribution in [-0.2, 0) is 20.9 Å². The first-order chi connectivity index (χ1) is 10.6. The van der Waals surface area contributed by atoms with Gasteiger partial charge in [0.15, 0.2) is 6.10 Å². The van der Waals surface area contributed by atoms with Crippen LogP contribution in [0.2, 0.25) is 0 Å². The molecule has 6 nitrogen and oxygen atoms in total. The molecule has 118 valence electrons. The summed E-state index contributed by atoms with van der Waals surface area (Å²) in [6.07, 6.45) is 0.510. The van der Waals surface area contributed by atoms with Crippen molar-refractivity contribution in [2.75, 3.05) is 6.54 Å². The fraction of sp³-hybridized carbons (Fsp3) is 0.500. The molecule has 2 heterocycles. The number of rotatable bonds is 3. The molecule has 1 aromatic rings. The van der Waals surface area contributed by atoms with Crippen molar-refractivity contribution in [1.82, 2.24) is 4.90 Å². The zero-order valence-corrected chi connectivity index (χ0v) is 12.2. The molecule has 0 bridgehead atoms. The molecule has 2 unspecified atom stereocenters. The Bertz CT molecular complexity index is 547. The van der Waals surface area contributed by atoms with E-state index < -0.39 is 18.2 Å². The predicted octanol–water partition coefficient (Wildman–Crippen LogP) is 2.03. The molecular formula is C16H19NO5. The number of piperidine rings is 1. The standard InChI is InChI=1S/C16H19NO5/c18-15(19)14-9-12-13(22-14)7-4-8-17(12)16(20)21-10-11-5-2-1-3-6-11/h1-3,5-6,12-14H,4,7-10H2,(H,18,19)/t12?,13-,14?/m0/s1. The molecule has 2 aliphatic rings. The number of benzene rings is 1. The van der Waals surface area contributed by atoms with E-state index in [9.17, 15) is 9.59 Å². The van der Waals surface area contributed by atoms with Gasteiger partial charge in [0.1, 0.15) is 6.61 Å². The molecule has 1 amide bonds. The molecule has 0 spiro atoms. The highest BCUT2D eigenvalue weighted by molar-refractivity contribution is 5.73. The molecule has 2 fully saturated rings. The average molecular weight is 305 g/mol. The number of amides is 1. The number of ether oxygens (including phenoxy) is 2. The van der Waals surface area contributed by atoms with E-state index in [0.717, 1.165) is 18.4 Å². The van der Waals surface area contributed by atoms with Crippen LogP contribution in [0, 0.1) is 0 Å². The van der Waals surface area contributed by atoms with Crippen molar-refractivity contribution < 1.29 is 24.2 Å². The summed E-state index contributed by atoms with van der Waals surface area (Å²) >= 11 is 0. The summed E-state index contributed by atoms with van der Waals surface area (Å²) in [5, 5.41) is 9.08. The van der Waals surface area contributed by atoms with Crippen molar-refractivity contribution in [1.29, 1.82) is 0 Å².